The van der Waals surface area contributed by atoms with Crippen molar-refractivity contribution in [3.63, 3.8) is 0 Å². The number of halogens is 4. The van der Waals surface area contributed by atoms with Crippen LogP contribution in [0, 0.1) is 0 Å². The highest BCUT2D eigenvalue weighted by Gasteiger charge is 2.33. The predicted octanol–water partition coefficient (Wildman–Crippen LogP) is 4.45. The van der Waals surface area contributed by atoms with Gasteiger partial charge < -0.3 is 10.1 Å². The van der Waals surface area contributed by atoms with E-state index >= 15 is 0 Å². The van der Waals surface area contributed by atoms with E-state index in [4.69, 9.17) is 16.3 Å². The molecule has 30 heavy (non-hydrogen) atoms. The summed E-state index contributed by atoms with van der Waals surface area (Å²) in [5.74, 6) is -0.0715. The van der Waals surface area contributed by atoms with Gasteiger partial charge in [-0.05, 0) is 63.2 Å². The minimum Gasteiger partial charge on any atom is -0.481 e. The number of carbonyl (C=O) groups excluding carboxylic acids is 1. The maximum Gasteiger partial charge on any atom is 0.417 e. The summed E-state index contributed by atoms with van der Waals surface area (Å²) in [5, 5.41) is 2.15. The van der Waals surface area contributed by atoms with Gasteiger partial charge >= 0.3 is 6.18 Å². The van der Waals surface area contributed by atoms with Crippen molar-refractivity contribution in [2.24, 2.45) is 0 Å². The molecule has 0 aliphatic heterocycles. The van der Waals surface area contributed by atoms with Crippen molar-refractivity contribution in [3.8, 4) is 5.75 Å². The number of sulfonamides is 1. The van der Waals surface area contributed by atoms with E-state index in [-0.39, 0.29) is 28.3 Å². The molecule has 0 unspecified atom stereocenters. The highest BCUT2D eigenvalue weighted by atomic mass is 35.5. The third kappa shape index (κ3) is 6.27. The van der Waals surface area contributed by atoms with Gasteiger partial charge in [-0.15, -0.1) is 0 Å². The second-order valence-electron chi connectivity index (χ2n) is 6.69. The van der Waals surface area contributed by atoms with Crippen LogP contribution < -0.4 is 14.8 Å². The molecule has 11 heteroatoms. The first-order valence-electron chi connectivity index (χ1n) is 8.76. The summed E-state index contributed by atoms with van der Waals surface area (Å²) in [6, 6.07) is 7.76. The summed E-state index contributed by atoms with van der Waals surface area (Å²) in [6.45, 7) is 5.15. The van der Waals surface area contributed by atoms with Crippen molar-refractivity contribution in [1.29, 1.82) is 0 Å². The minimum absolute atomic E-state index is 0.0622. The number of nitrogens with one attached hydrogen (secondary N) is 2. The lowest BCUT2D eigenvalue weighted by molar-refractivity contribution is -0.137. The lowest BCUT2D eigenvalue weighted by Crippen LogP contribution is -2.40. The lowest BCUT2D eigenvalue weighted by atomic mass is 10.2. The molecule has 2 aromatic rings. The molecule has 0 aliphatic carbocycles. The fraction of sp³-hybridized carbons (Fsp3) is 0.316. The molecule has 2 aromatic carbocycles. The van der Waals surface area contributed by atoms with Crippen molar-refractivity contribution in [1.82, 2.24) is 5.32 Å². The van der Waals surface area contributed by atoms with E-state index in [1.54, 1.807) is 20.8 Å². The van der Waals surface area contributed by atoms with Gasteiger partial charge in [0.1, 0.15) is 5.75 Å². The Kier molecular flexibility index (Phi) is 7.25. The van der Waals surface area contributed by atoms with Crippen molar-refractivity contribution in [3.05, 3.63) is 53.1 Å². The van der Waals surface area contributed by atoms with Gasteiger partial charge in [-0.2, -0.15) is 13.2 Å². The Balaban J connectivity index is 2.15. The first kappa shape index (κ1) is 23.8. The second kappa shape index (κ2) is 9.13. The number of ether oxygens (including phenoxy) is 1. The number of hydrogen-bond acceptors (Lipinski definition) is 4. The number of rotatable bonds is 7. The third-order valence-corrected chi connectivity index (χ3v) is 5.50. The molecule has 2 rings (SSSR count). The van der Waals surface area contributed by atoms with Gasteiger partial charge in [-0.25, -0.2) is 8.42 Å². The summed E-state index contributed by atoms with van der Waals surface area (Å²) in [6.07, 6.45) is -5.53. The first-order chi connectivity index (χ1) is 13.8. The molecule has 6 nitrogen and oxygen atoms in total. The Morgan fingerprint density at radius 3 is 2.20 bits per heavy atom. The molecule has 1 amide bonds. The fourth-order valence-electron chi connectivity index (χ4n) is 2.38. The maximum atomic E-state index is 13.0. The molecule has 2 N–H and O–H groups in total. The number of alkyl halides is 3. The van der Waals surface area contributed by atoms with E-state index in [1.165, 1.54) is 24.3 Å². The second-order valence-corrected chi connectivity index (χ2v) is 8.78. The Labute approximate surface area is 177 Å². The summed E-state index contributed by atoms with van der Waals surface area (Å²) in [4.78, 5) is 11.7. The zero-order valence-corrected chi connectivity index (χ0v) is 17.8. The molecule has 164 valence electrons. The molecular weight excluding hydrogens is 445 g/mol. The largest absolute Gasteiger partial charge is 0.481 e. The van der Waals surface area contributed by atoms with Crippen LogP contribution in [0.3, 0.4) is 0 Å². The van der Waals surface area contributed by atoms with E-state index in [1.807, 2.05) is 0 Å². The van der Waals surface area contributed by atoms with E-state index in [9.17, 15) is 26.4 Å². The van der Waals surface area contributed by atoms with E-state index in [0.717, 1.165) is 12.1 Å². The van der Waals surface area contributed by atoms with Crippen LogP contribution in [0.15, 0.2) is 47.4 Å². The average molecular weight is 465 g/mol. The smallest absolute Gasteiger partial charge is 0.417 e. The normalized spacial score (nSPS) is 13.1. The zero-order chi connectivity index (χ0) is 22.7. The Morgan fingerprint density at radius 2 is 1.67 bits per heavy atom. The van der Waals surface area contributed by atoms with Crippen LogP contribution in [0.25, 0.3) is 0 Å². The van der Waals surface area contributed by atoms with E-state index in [2.05, 4.69) is 10.0 Å². The fourth-order valence-corrected chi connectivity index (χ4v) is 3.65. The van der Waals surface area contributed by atoms with Crippen LogP contribution in [0.1, 0.15) is 26.3 Å². The number of benzene rings is 2. The zero-order valence-electron chi connectivity index (χ0n) is 16.2. The van der Waals surface area contributed by atoms with Crippen molar-refractivity contribution >= 4 is 33.2 Å². The standard InChI is InChI=1S/C19H20ClF3N2O4S/c1-11(2)24-18(26)12(3)29-14-5-7-15(8-6-14)30(27,28)25-13-4-9-17(20)16(10-13)19(21,22)23/h4-12,25H,1-3H3,(H,24,26)/t12-/m0/s1. The quantitative estimate of drug-likeness (QED) is 0.634. The molecule has 0 aromatic heterocycles. The predicted molar refractivity (Wildman–Crippen MR) is 107 cm³/mol. The highest BCUT2D eigenvalue weighted by molar-refractivity contribution is 7.92. The maximum absolute atomic E-state index is 13.0. The molecule has 0 bridgehead atoms. The SMILES string of the molecule is CC(C)NC(=O)[C@H](C)Oc1ccc(S(=O)(=O)Nc2ccc(Cl)c(C(F)(F)F)c2)cc1. The van der Waals surface area contributed by atoms with E-state index in [0.29, 0.717) is 6.07 Å². The van der Waals surface area contributed by atoms with Crippen LogP contribution in [0.2, 0.25) is 5.02 Å². The topological polar surface area (TPSA) is 84.5 Å². The average Bonchev–Trinajstić information content (AvgIpc) is 2.62. The van der Waals surface area contributed by atoms with Crippen molar-refractivity contribution in [2.45, 2.75) is 44.0 Å². The number of amides is 1. The first-order valence-corrected chi connectivity index (χ1v) is 10.6. The van der Waals surface area contributed by atoms with Gasteiger partial charge in [0.05, 0.1) is 15.5 Å². The minimum atomic E-state index is -4.73. The Bertz CT molecular complexity index is 1010. The Hall–Kier alpha value is -2.46. The number of anilines is 1. The van der Waals surface area contributed by atoms with Gasteiger partial charge in [0.25, 0.3) is 15.9 Å². The molecular formula is C19H20ClF3N2O4S. The van der Waals surface area contributed by atoms with Crippen LogP contribution in [0.5, 0.6) is 5.75 Å². The summed E-state index contributed by atoms with van der Waals surface area (Å²) in [5.41, 5.74) is -1.44. The van der Waals surface area contributed by atoms with Crippen LogP contribution in [-0.2, 0) is 21.0 Å². The molecule has 0 saturated heterocycles. The van der Waals surface area contributed by atoms with Gasteiger partial charge in [-0.3, -0.25) is 9.52 Å². The monoisotopic (exact) mass is 464 g/mol. The van der Waals surface area contributed by atoms with Gasteiger partial charge in [0.2, 0.25) is 0 Å². The van der Waals surface area contributed by atoms with Gasteiger partial charge in [0, 0.05) is 11.7 Å². The molecule has 0 spiro atoms. The van der Waals surface area contributed by atoms with Crippen LogP contribution in [0.4, 0.5) is 18.9 Å². The summed E-state index contributed by atoms with van der Waals surface area (Å²) < 4.78 is 71.4. The molecule has 0 aliphatic rings. The summed E-state index contributed by atoms with van der Waals surface area (Å²) in [7, 11) is -4.16. The Morgan fingerprint density at radius 1 is 1.07 bits per heavy atom. The molecule has 0 radical (unpaired) electrons. The summed E-state index contributed by atoms with van der Waals surface area (Å²) >= 11 is 5.54. The van der Waals surface area contributed by atoms with E-state index < -0.39 is 32.9 Å². The van der Waals surface area contributed by atoms with Gasteiger partial charge in [0.15, 0.2) is 6.10 Å². The number of hydrogen-bond donors (Lipinski definition) is 2. The number of carbonyl (C=O) groups is 1. The van der Waals surface area contributed by atoms with Crippen molar-refractivity contribution < 1.29 is 31.1 Å². The van der Waals surface area contributed by atoms with Crippen molar-refractivity contribution in [2.75, 3.05) is 4.72 Å². The van der Waals surface area contributed by atoms with Crippen LogP contribution in [-0.4, -0.2) is 26.5 Å². The highest BCUT2D eigenvalue weighted by Crippen LogP contribution is 2.36. The lowest BCUT2D eigenvalue weighted by Gasteiger charge is -2.17. The third-order valence-electron chi connectivity index (χ3n) is 3.77. The molecule has 0 fully saturated rings. The van der Waals surface area contributed by atoms with Gasteiger partial charge in [-0.1, -0.05) is 11.6 Å². The van der Waals surface area contributed by atoms with Crippen LogP contribution >= 0.6 is 11.6 Å². The molecule has 1 atom stereocenters. The molecule has 0 saturated carbocycles. The molecule has 0 heterocycles.